The van der Waals surface area contributed by atoms with Gasteiger partial charge in [-0.15, -0.1) is 0 Å². The zero-order valence-corrected chi connectivity index (χ0v) is 42.6. The van der Waals surface area contributed by atoms with E-state index in [9.17, 15) is 14.4 Å². The number of carbonyl (C=O) groups excluding carboxylic acids is 3. The van der Waals surface area contributed by atoms with Crippen LogP contribution < -0.4 is 0 Å². The number of allylic oxidation sites excluding steroid dienone is 8. The fourth-order valence-corrected chi connectivity index (χ4v) is 7.96. The highest BCUT2D eigenvalue weighted by Crippen LogP contribution is 2.16. The molecule has 6 heteroatoms. The van der Waals surface area contributed by atoms with Crippen LogP contribution in [0, 0.1) is 0 Å². The first-order chi connectivity index (χ1) is 31.5. The topological polar surface area (TPSA) is 78.9 Å². The van der Waals surface area contributed by atoms with Gasteiger partial charge in [0, 0.05) is 19.3 Å². The molecule has 0 rings (SSSR count). The molecule has 0 saturated heterocycles. The molecule has 64 heavy (non-hydrogen) atoms. The Morgan fingerprint density at radius 3 is 0.953 bits per heavy atom. The molecule has 0 aliphatic carbocycles. The summed E-state index contributed by atoms with van der Waals surface area (Å²) in [5, 5.41) is 0. The van der Waals surface area contributed by atoms with Gasteiger partial charge in [0.1, 0.15) is 13.2 Å². The molecule has 0 aromatic rings. The molecule has 0 heterocycles. The molecule has 1 atom stereocenters. The molecule has 0 aromatic heterocycles. The number of ether oxygens (including phenoxy) is 3. The van der Waals surface area contributed by atoms with Crippen LogP contribution in [-0.4, -0.2) is 37.2 Å². The van der Waals surface area contributed by atoms with Crippen molar-refractivity contribution in [1.29, 1.82) is 0 Å². The summed E-state index contributed by atoms with van der Waals surface area (Å²) < 4.78 is 16.8. The van der Waals surface area contributed by atoms with E-state index in [1.54, 1.807) is 0 Å². The molecule has 0 amide bonds. The Bertz CT molecular complexity index is 1120. The molecule has 0 fully saturated rings. The lowest BCUT2D eigenvalue weighted by Gasteiger charge is -2.18. The minimum absolute atomic E-state index is 0.0857. The smallest absolute Gasteiger partial charge is 0.306 e. The van der Waals surface area contributed by atoms with Gasteiger partial charge < -0.3 is 14.2 Å². The molecule has 0 unspecified atom stereocenters. The van der Waals surface area contributed by atoms with Gasteiger partial charge in [0.05, 0.1) is 0 Å². The number of hydrogen-bond donors (Lipinski definition) is 0. The van der Waals surface area contributed by atoms with Gasteiger partial charge in [0.2, 0.25) is 0 Å². The molecule has 372 valence electrons. The molecule has 6 nitrogen and oxygen atoms in total. The van der Waals surface area contributed by atoms with Gasteiger partial charge >= 0.3 is 17.9 Å². The Kier molecular flexibility index (Phi) is 50.8. The quantitative estimate of drug-likeness (QED) is 0.0262. The molecule has 0 radical (unpaired) electrons. The molecule has 0 saturated carbocycles. The van der Waals surface area contributed by atoms with Crippen LogP contribution >= 0.6 is 0 Å². The van der Waals surface area contributed by atoms with Crippen molar-refractivity contribution in [1.82, 2.24) is 0 Å². The standard InChI is InChI=1S/C58H104O6/c1-4-7-10-13-16-19-22-25-27-28-29-31-33-36-39-42-45-48-51-57(60)63-54-55(53-62-56(59)50-47-44-41-38-35-32-24-21-18-15-12-9-6-3)64-58(61)52-49-46-43-40-37-34-30-26-23-20-17-14-11-8-5-2/h8,11,17,20,26,30,37,40,55H,4-7,9-10,12-16,18-19,21-25,27-29,31-36,38-39,41-54H2,1-3H3/b11-8-,20-17-,30-26-,40-37-/t55-/m1/s1. The normalized spacial score (nSPS) is 12.4. The van der Waals surface area contributed by atoms with Crippen LogP contribution in [0.5, 0.6) is 0 Å². The molecule has 0 N–H and O–H groups in total. The van der Waals surface area contributed by atoms with Crippen LogP contribution in [0.3, 0.4) is 0 Å². The van der Waals surface area contributed by atoms with Crippen LogP contribution in [0.15, 0.2) is 48.6 Å². The van der Waals surface area contributed by atoms with Crippen molar-refractivity contribution in [3.63, 3.8) is 0 Å². The molecule has 0 aliphatic heterocycles. The molecule has 0 bridgehead atoms. The van der Waals surface area contributed by atoms with Crippen molar-refractivity contribution in [2.75, 3.05) is 13.2 Å². The molecule has 0 aromatic carbocycles. The molecule has 0 aliphatic rings. The zero-order chi connectivity index (χ0) is 46.5. The van der Waals surface area contributed by atoms with Crippen LogP contribution in [0.1, 0.15) is 284 Å². The lowest BCUT2D eigenvalue weighted by molar-refractivity contribution is -0.167. The van der Waals surface area contributed by atoms with Gasteiger partial charge in [0.15, 0.2) is 6.10 Å². The SMILES string of the molecule is CC/C=C\C/C=C\C/C=C\C/C=C\CCCCC(=O)O[C@H](COC(=O)CCCCCCCCCCCCCCC)COC(=O)CCCCCCCCCCCCCCCCCCCC. The van der Waals surface area contributed by atoms with Crippen molar-refractivity contribution < 1.29 is 28.6 Å². The highest BCUT2D eigenvalue weighted by atomic mass is 16.6. The van der Waals surface area contributed by atoms with Crippen molar-refractivity contribution in [3.8, 4) is 0 Å². The highest BCUT2D eigenvalue weighted by Gasteiger charge is 2.19. The van der Waals surface area contributed by atoms with Crippen LogP contribution in [-0.2, 0) is 28.6 Å². The summed E-state index contributed by atoms with van der Waals surface area (Å²) in [7, 11) is 0. The average Bonchev–Trinajstić information content (AvgIpc) is 3.29. The Morgan fingerprint density at radius 2 is 0.609 bits per heavy atom. The second-order valence-corrected chi connectivity index (χ2v) is 18.5. The molecular formula is C58H104O6. The fraction of sp³-hybridized carbons (Fsp3) is 0.810. The van der Waals surface area contributed by atoms with Crippen molar-refractivity contribution in [3.05, 3.63) is 48.6 Å². The van der Waals surface area contributed by atoms with Gasteiger partial charge in [-0.3, -0.25) is 14.4 Å². The van der Waals surface area contributed by atoms with Gasteiger partial charge in [0.25, 0.3) is 0 Å². The highest BCUT2D eigenvalue weighted by molar-refractivity contribution is 5.71. The second kappa shape index (κ2) is 53.0. The summed E-state index contributed by atoms with van der Waals surface area (Å²) in [6, 6.07) is 0. The van der Waals surface area contributed by atoms with Crippen molar-refractivity contribution >= 4 is 17.9 Å². The lowest BCUT2D eigenvalue weighted by Crippen LogP contribution is -2.30. The third kappa shape index (κ3) is 50.4. The van der Waals surface area contributed by atoms with E-state index in [1.807, 2.05) is 0 Å². The maximum atomic E-state index is 12.8. The maximum absolute atomic E-state index is 12.8. The first-order valence-electron chi connectivity index (χ1n) is 27.6. The van der Waals surface area contributed by atoms with Crippen LogP contribution in [0.25, 0.3) is 0 Å². The first-order valence-corrected chi connectivity index (χ1v) is 27.6. The Balaban J connectivity index is 4.38. The average molecular weight is 897 g/mol. The van der Waals surface area contributed by atoms with E-state index >= 15 is 0 Å². The number of hydrogen-bond acceptors (Lipinski definition) is 6. The van der Waals surface area contributed by atoms with E-state index in [0.717, 1.165) is 77.0 Å². The van der Waals surface area contributed by atoms with E-state index in [2.05, 4.69) is 69.4 Å². The van der Waals surface area contributed by atoms with Gasteiger partial charge in [-0.05, 0) is 57.8 Å². The zero-order valence-electron chi connectivity index (χ0n) is 42.6. The summed E-state index contributed by atoms with van der Waals surface area (Å²) in [5.74, 6) is -0.914. The summed E-state index contributed by atoms with van der Waals surface area (Å²) in [5.41, 5.74) is 0. The van der Waals surface area contributed by atoms with E-state index in [-0.39, 0.29) is 37.5 Å². The summed E-state index contributed by atoms with van der Waals surface area (Å²) >= 11 is 0. The summed E-state index contributed by atoms with van der Waals surface area (Å²) in [6.07, 6.45) is 63.9. The minimum Gasteiger partial charge on any atom is -0.462 e. The third-order valence-corrected chi connectivity index (χ3v) is 12.1. The fourth-order valence-electron chi connectivity index (χ4n) is 7.96. The van der Waals surface area contributed by atoms with E-state index in [4.69, 9.17) is 14.2 Å². The summed E-state index contributed by atoms with van der Waals surface area (Å²) in [6.45, 7) is 6.52. The van der Waals surface area contributed by atoms with Gasteiger partial charge in [-0.2, -0.15) is 0 Å². The maximum Gasteiger partial charge on any atom is 0.306 e. The van der Waals surface area contributed by atoms with Crippen LogP contribution in [0.2, 0.25) is 0 Å². The Morgan fingerprint density at radius 1 is 0.328 bits per heavy atom. The summed E-state index contributed by atoms with van der Waals surface area (Å²) in [4.78, 5) is 38.0. The monoisotopic (exact) mass is 897 g/mol. The van der Waals surface area contributed by atoms with Gasteiger partial charge in [-0.1, -0.05) is 256 Å². The second-order valence-electron chi connectivity index (χ2n) is 18.5. The predicted octanol–water partition coefficient (Wildman–Crippen LogP) is 18.3. The van der Waals surface area contributed by atoms with E-state index in [1.165, 1.54) is 161 Å². The number of rotatable bonds is 50. The predicted molar refractivity (Wildman–Crippen MR) is 275 cm³/mol. The Labute approximate surface area is 397 Å². The number of unbranched alkanes of at least 4 members (excludes halogenated alkanes) is 31. The Hall–Kier alpha value is -2.63. The molecular weight excluding hydrogens is 793 g/mol. The van der Waals surface area contributed by atoms with Crippen molar-refractivity contribution in [2.24, 2.45) is 0 Å². The van der Waals surface area contributed by atoms with Crippen LogP contribution in [0.4, 0.5) is 0 Å². The van der Waals surface area contributed by atoms with E-state index < -0.39 is 6.10 Å². The minimum atomic E-state index is -0.790. The van der Waals surface area contributed by atoms with E-state index in [0.29, 0.717) is 19.3 Å². The van der Waals surface area contributed by atoms with Gasteiger partial charge in [-0.25, -0.2) is 0 Å². The molecule has 0 spiro atoms. The number of carbonyl (C=O) groups is 3. The lowest BCUT2D eigenvalue weighted by atomic mass is 10.0. The largest absolute Gasteiger partial charge is 0.462 e. The third-order valence-electron chi connectivity index (χ3n) is 12.1. The first kappa shape index (κ1) is 61.4. The van der Waals surface area contributed by atoms with Crippen molar-refractivity contribution in [2.45, 2.75) is 290 Å². The number of esters is 3.